The predicted octanol–water partition coefficient (Wildman–Crippen LogP) is 3.24. The van der Waals surface area contributed by atoms with Crippen LogP contribution >= 0.6 is 0 Å². The van der Waals surface area contributed by atoms with Crippen molar-refractivity contribution >= 4 is 0 Å². The Kier molecular flexibility index (Phi) is 3.76. The van der Waals surface area contributed by atoms with Gasteiger partial charge < -0.3 is 10.5 Å². The molecule has 0 amide bonds. The van der Waals surface area contributed by atoms with Gasteiger partial charge in [-0.1, -0.05) is 12.1 Å². The van der Waals surface area contributed by atoms with Crippen LogP contribution in [-0.2, 0) is 6.54 Å². The van der Waals surface area contributed by atoms with Crippen LogP contribution in [0.3, 0.4) is 0 Å². The van der Waals surface area contributed by atoms with Crippen LogP contribution in [0.4, 0.5) is 13.2 Å². The largest absolute Gasteiger partial charge is 0.497 e. The van der Waals surface area contributed by atoms with E-state index < -0.39 is 23.0 Å². The molecule has 0 bridgehead atoms. The summed E-state index contributed by atoms with van der Waals surface area (Å²) in [5.74, 6) is -2.43. The topological polar surface area (TPSA) is 35.2 Å². The van der Waals surface area contributed by atoms with Crippen LogP contribution in [0.2, 0.25) is 0 Å². The lowest BCUT2D eigenvalue weighted by atomic mass is 10.0. The third-order valence-electron chi connectivity index (χ3n) is 2.79. The Morgan fingerprint density at radius 3 is 2.11 bits per heavy atom. The van der Waals surface area contributed by atoms with Crippen molar-refractivity contribution in [3.8, 4) is 16.9 Å². The van der Waals surface area contributed by atoms with Crippen molar-refractivity contribution < 1.29 is 17.9 Å². The monoisotopic (exact) mass is 267 g/mol. The molecule has 0 aliphatic carbocycles. The summed E-state index contributed by atoms with van der Waals surface area (Å²) >= 11 is 0. The Morgan fingerprint density at radius 1 is 1.00 bits per heavy atom. The van der Waals surface area contributed by atoms with Crippen LogP contribution < -0.4 is 10.5 Å². The molecule has 100 valence electrons. The summed E-state index contributed by atoms with van der Waals surface area (Å²) < 4.78 is 46.3. The molecule has 0 aromatic heterocycles. The van der Waals surface area contributed by atoms with Gasteiger partial charge in [0.25, 0.3) is 0 Å². The quantitative estimate of drug-likeness (QED) is 0.926. The van der Waals surface area contributed by atoms with Crippen LogP contribution in [-0.4, -0.2) is 7.11 Å². The standard InChI is InChI=1S/C14H12F3NO/c1-19-9-5-12(16)14(13(17)6-9)10-3-2-8(7-18)4-11(10)15/h2-6H,7,18H2,1H3. The van der Waals surface area contributed by atoms with E-state index in [0.717, 1.165) is 12.1 Å². The smallest absolute Gasteiger partial charge is 0.137 e. The first-order valence-corrected chi connectivity index (χ1v) is 5.58. The van der Waals surface area contributed by atoms with Crippen molar-refractivity contribution in [3.05, 3.63) is 53.3 Å². The number of nitrogens with two attached hydrogens (primary N) is 1. The van der Waals surface area contributed by atoms with Crippen molar-refractivity contribution in [2.24, 2.45) is 5.73 Å². The zero-order valence-corrected chi connectivity index (χ0v) is 10.2. The van der Waals surface area contributed by atoms with E-state index in [1.54, 1.807) is 0 Å². The van der Waals surface area contributed by atoms with E-state index in [1.807, 2.05) is 0 Å². The Bertz CT molecular complexity index is 591. The Morgan fingerprint density at radius 2 is 1.63 bits per heavy atom. The SMILES string of the molecule is COc1cc(F)c(-c2ccc(CN)cc2F)c(F)c1. The molecule has 0 saturated carbocycles. The van der Waals surface area contributed by atoms with E-state index in [-0.39, 0.29) is 17.9 Å². The van der Waals surface area contributed by atoms with E-state index in [0.29, 0.717) is 5.56 Å². The van der Waals surface area contributed by atoms with Crippen LogP contribution in [0.1, 0.15) is 5.56 Å². The second-order valence-electron chi connectivity index (χ2n) is 3.98. The number of methoxy groups -OCH3 is 1. The van der Waals surface area contributed by atoms with Gasteiger partial charge in [-0.2, -0.15) is 0 Å². The summed E-state index contributed by atoms with van der Waals surface area (Å²) in [5.41, 5.74) is 5.37. The molecule has 2 rings (SSSR count). The van der Waals surface area contributed by atoms with Gasteiger partial charge >= 0.3 is 0 Å². The maximum absolute atomic E-state index is 13.8. The predicted molar refractivity (Wildman–Crippen MR) is 66.2 cm³/mol. The van der Waals surface area contributed by atoms with Gasteiger partial charge in [-0.3, -0.25) is 0 Å². The Hall–Kier alpha value is -2.01. The third kappa shape index (κ3) is 2.56. The molecule has 0 fully saturated rings. The minimum atomic E-state index is -0.878. The van der Waals surface area contributed by atoms with Crippen molar-refractivity contribution in [2.45, 2.75) is 6.54 Å². The van der Waals surface area contributed by atoms with Gasteiger partial charge in [0.2, 0.25) is 0 Å². The molecule has 19 heavy (non-hydrogen) atoms. The number of hydrogen-bond acceptors (Lipinski definition) is 2. The molecule has 2 N–H and O–H groups in total. The normalized spacial score (nSPS) is 10.6. The lowest BCUT2D eigenvalue weighted by molar-refractivity contribution is 0.407. The van der Waals surface area contributed by atoms with Gasteiger partial charge in [0, 0.05) is 24.2 Å². The first kappa shape index (κ1) is 13.4. The van der Waals surface area contributed by atoms with E-state index in [1.165, 1.54) is 25.3 Å². The molecule has 2 aromatic rings. The van der Waals surface area contributed by atoms with Crippen LogP contribution in [0.5, 0.6) is 5.75 Å². The molecule has 0 aliphatic rings. The third-order valence-corrected chi connectivity index (χ3v) is 2.79. The van der Waals surface area contributed by atoms with E-state index in [4.69, 9.17) is 10.5 Å². The highest BCUT2D eigenvalue weighted by atomic mass is 19.1. The molecule has 5 heteroatoms. The lowest BCUT2D eigenvalue weighted by Gasteiger charge is -2.09. The summed E-state index contributed by atoms with van der Waals surface area (Å²) in [4.78, 5) is 0. The summed E-state index contributed by atoms with van der Waals surface area (Å²) in [6.45, 7) is 0.158. The molecular formula is C14H12F3NO. The first-order valence-electron chi connectivity index (χ1n) is 5.58. The number of rotatable bonds is 3. The molecule has 2 nitrogen and oxygen atoms in total. The van der Waals surface area contributed by atoms with Gasteiger partial charge in [-0.25, -0.2) is 13.2 Å². The highest BCUT2D eigenvalue weighted by Gasteiger charge is 2.17. The fraction of sp³-hybridized carbons (Fsp3) is 0.143. The Labute approximate surface area is 108 Å². The second-order valence-corrected chi connectivity index (χ2v) is 3.98. The van der Waals surface area contributed by atoms with Gasteiger partial charge in [0.1, 0.15) is 23.2 Å². The molecule has 0 aliphatic heterocycles. The second kappa shape index (κ2) is 5.32. The number of hydrogen-bond donors (Lipinski definition) is 1. The molecule has 0 atom stereocenters. The maximum Gasteiger partial charge on any atom is 0.137 e. The zero-order chi connectivity index (χ0) is 14.0. The maximum atomic E-state index is 13.8. The first-order chi connectivity index (χ1) is 9.06. The summed E-state index contributed by atoms with van der Waals surface area (Å²) in [7, 11) is 1.30. The average molecular weight is 267 g/mol. The zero-order valence-electron chi connectivity index (χ0n) is 10.2. The highest BCUT2D eigenvalue weighted by Crippen LogP contribution is 2.31. The van der Waals surface area contributed by atoms with Crippen molar-refractivity contribution in [1.82, 2.24) is 0 Å². The number of ether oxygens (including phenoxy) is 1. The Balaban J connectivity index is 2.59. The van der Waals surface area contributed by atoms with Crippen LogP contribution in [0.25, 0.3) is 11.1 Å². The van der Waals surface area contributed by atoms with Crippen molar-refractivity contribution in [2.75, 3.05) is 7.11 Å². The molecule has 0 spiro atoms. The van der Waals surface area contributed by atoms with Gasteiger partial charge in [0.05, 0.1) is 12.7 Å². The fourth-order valence-corrected chi connectivity index (χ4v) is 1.81. The molecule has 2 aromatic carbocycles. The molecular weight excluding hydrogens is 255 g/mol. The number of benzene rings is 2. The van der Waals surface area contributed by atoms with Gasteiger partial charge in [-0.15, -0.1) is 0 Å². The van der Waals surface area contributed by atoms with E-state index in [9.17, 15) is 13.2 Å². The van der Waals surface area contributed by atoms with E-state index >= 15 is 0 Å². The summed E-state index contributed by atoms with van der Waals surface area (Å²) in [5, 5.41) is 0. The average Bonchev–Trinajstić information content (AvgIpc) is 2.39. The van der Waals surface area contributed by atoms with Gasteiger partial charge in [-0.05, 0) is 11.6 Å². The number of halogens is 3. The van der Waals surface area contributed by atoms with Gasteiger partial charge in [0.15, 0.2) is 0 Å². The minimum Gasteiger partial charge on any atom is -0.497 e. The highest BCUT2D eigenvalue weighted by molar-refractivity contribution is 5.67. The van der Waals surface area contributed by atoms with Crippen LogP contribution in [0, 0.1) is 17.5 Å². The van der Waals surface area contributed by atoms with Crippen molar-refractivity contribution in [3.63, 3.8) is 0 Å². The lowest BCUT2D eigenvalue weighted by Crippen LogP contribution is -1.99. The minimum absolute atomic E-state index is 0.0396. The fourth-order valence-electron chi connectivity index (χ4n) is 1.81. The summed E-state index contributed by atoms with van der Waals surface area (Å²) in [6, 6.07) is 6.02. The molecule has 0 radical (unpaired) electrons. The van der Waals surface area contributed by atoms with Crippen molar-refractivity contribution in [1.29, 1.82) is 0 Å². The molecule has 0 unspecified atom stereocenters. The molecule has 0 heterocycles. The van der Waals surface area contributed by atoms with Crippen LogP contribution in [0.15, 0.2) is 30.3 Å². The molecule has 0 saturated heterocycles. The summed E-state index contributed by atoms with van der Waals surface area (Å²) in [6.07, 6.45) is 0. The van der Waals surface area contributed by atoms with E-state index in [2.05, 4.69) is 0 Å².